The van der Waals surface area contributed by atoms with Crippen LogP contribution in [0.1, 0.15) is 54.4 Å². The van der Waals surface area contributed by atoms with Crippen molar-refractivity contribution in [3.63, 3.8) is 0 Å². The smallest absolute Gasteiger partial charge is 0.395 e. The number of carbonyl (C=O) groups excluding carboxylic acids is 2. The lowest BCUT2D eigenvalue weighted by Crippen LogP contribution is -2.31. The van der Waals surface area contributed by atoms with Crippen molar-refractivity contribution in [1.82, 2.24) is 0 Å². The lowest BCUT2D eigenvalue weighted by atomic mass is 9.93. The lowest BCUT2D eigenvalue weighted by Gasteiger charge is -2.21. The van der Waals surface area contributed by atoms with Gasteiger partial charge in [0.05, 0.1) is 21.0 Å². The van der Waals surface area contributed by atoms with E-state index in [1.54, 1.807) is 21.9 Å². The average molecular weight is 617 g/mol. The van der Waals surface area contributed by atoms with Gasteiger partial charge in [0.15, 0.2) is 5.75 Å². The highest BCUT2D eigenvalue weighted by atomic mass is 35.5. The molecule has 5 rings (SSSR count). The van der Waals surface area contributed by atoms with E-state index in [0.29, 0.717) is 36.8 Å². The van der Waals surface area contributed by atoms with E-state index in [2.05, 4.69) is 6.58 Å². The summed E-state index contributed by atoms with van der Waals surface area (Å²) in [6.45, 7) is 9.06. The van der Waals surface area contributed by atoms with Gasteiger partial charge in [-0.05, 0) is 66.2 Å². The number of thioether (sulfide) groups is 1. The predicted octanol–water partition coefficient (Wildman–Crippen LogP) is 7.68. The SMILES string of the molecule is C=C(C)c1c(SC)c(OP=O)cc2c1[C@H](CCl)CN2C(=O)CCCC(=O)N1CCc2c1cc(O)c1scc(C)c21. The van der Waals surface area contributed by atoms with Gasteiger partial charge in [0, 0.05) is 55.2 Å². The monoisotopic (exact) mass is 616 g/mol. The number of carbonyl (C=O) groups is 2. The molecule has 2 aliphatic rings. The Morgan fingerprint density at radius 2 is 1.98 bits per heavy atom. The summed E-state index contributed by atoms with van der Waals surface area (Å²) >= 11 is 9.35. The number of benzene rings is 2. The minimum atomic E-state index is -0.482. The van der Waals surface area contributed by atoms with Crippen LogP contribution in [0.2, 0.25) is 0 Å². The quantitative estimate of drug-likeness (QED) is 0.151. The van der Waals surface area contributed by atoms with E-state index in [4.69, 9.17) is 16.1 Å². The third-order valence-corrected chi connectivity index (χ3v) is 10.2. The zero-order chi connectivity index (χ0) is 28.7. The maximum atomic E-state index is 13.5. The van der Waals surface area contributed by atoms with Crippen molar-refractivity contribution in [1.29, 1.82) is 0 Å². The second-order valence-electron chi connectivity index (χ2n) is 10.2. The molecule has 0 bridgehead atoms. The summed E-state index contributed by atoms with van der Waals surface area (Å²) in [4.78, 5) is 31.0. The van der Waals surface area contributed by atoms with Crippen LogP contribution in [0.4, 0.5) is 11.4 Å². The molecule has 0 aliphatic carbocycles. The van der Waals surface area contributed by atoms with Gasteiger partial charge in [-0.1, -0.05) is 6.58 Å². The molecule has 0 fully saturated rings. The Hall–Kier alpha value is -2.58. The first-order valence-corrected chi connectivity index (χ1v) is 16.4. The number of aromatic hydroxyl groups is 1. The maximum absolute atomic E-state index is 13.5. The molecule has 3 aromatic rings. The summed E-state index contributed by atoms with van der Waals surface area (Å²) in [5, 5.41) is 13.6. The van der Waals surface area contributed by atoms with Gasteiger partial charge in [0.25, 0.3) is 0 Å². The number of thiophene rings is 1. The van der Waals surface area contributed by atoms with Gasteiger partial charge in [0.1, 0.15) is 5.75 Å². The number of alkyl halides is 1. The Labute approximate surface area is 248 Å². The number of phenols is 1. The molecule has 210 valence electrons. The molecule has 2 aliphatic heterocycles. The lowest BCUT2D eigenvalue weighted by molar-refractivity contribution is -0.119. The van der Waals surface area contributed by atoms with E-state index < -0.39 is 8.69 Å². The third kappa shape index (κ3) is 4.91. The molecule has 3 heterocycles. The Kier molecular flexibility index (Phi) is 8.48. The predicted molar refractivity (Wildman–Crippen MR) is 165 cm³/mol. The first-order chi connectivity index (χ1) is 19.2. The van der Waals surface area contributed by atoms with Gasteiger partial charge >= 0.3 is 8.69 Å². The topological polar surface area (TPSA) is 87.2 Å². The van der Waals surface area contributed by atoms with Crippen LogP contribution in [0.5, 0.6) is 11.5 Å². The molecule has 0 saturated heterocycles. The Bertz CT molecular complexity index is 1560. The van der Waals surface area contributed by atoms with Crippen LogP contribution in [-0.4, -0.2) is 42.1 Å². The molecule has 0 radical (unpaired) electrons. The van der Waals surface area contributed by atoms with Crippen LogP contribution in [-0.2, 0) is 20.6 Å². The van der Waals surface area contributed by atoms with Crippen LogP contribution in [0, 0.1) is 6.92 Å². The highest BCUT2D eigenvalue weighted by Gasteiger charge is 2.37. The standard InChI is InChI=1S/C29H30ClN2O5PS2/c1-15(2)25-27-17(12-30)13-32(20(27)11-22(37-38-36)29(25)39-4)24(35)7-5-6-23(34)31-9-8-18-19(31)10-21(33)28-26(18)16(3)14-40-28/h10-11,14,17,33H,1,5-9,12-13H2,2-4H3/t17-/m1/s1. The van der Waals surface area contributed by atoms with Gasteiger partial charge < -0.3 is 19.4 Å². The second-order valence-corrected chi connectivity index (χ2v) is 12.5. The zero-order valence-electron chi connectivity index (χ0n) is 22.6. The number of rotatable bonds is 9. The number of aryl methyl sites for hydroxylation is 1. The van der Waals surface area contributed by atoms with Crippen LogP contribution >= 0.6 is 43.4 Å². The first kappa shape index (κ1) is 28.9. The highest BCUT2D eigenvalue weighted by molar-refractivity contribution is 7.98. The minimum absolute atomic E-state index is 0.0574. The Morgan fingerprint density at radius 3 is 2.62 bits per heavy atom. The largest absolute Gasteiger partial charge is 0.506 e. The number of allylic oxidation sites excluding steroid dienone is 1. The number of phenolic OH excluding ortho intramolecular Hbond substituents is 1. The van der Waals surface area contributed by atoms with E-state index in [1.807, 2.05) is 25.5 Å². The molecule has 0 saturated carbocycles. The Balaban J connectivity index is 1.33. The fourth-order valence-electron chi connectivity index (χ4n) is 5.96. The number of halogens is 1. The maximum Gasteiger partial charge on any atom is 0.395 e. The summed E-state index contributed by atoms with van der Waals surface area (Å²) < 4.78 is 17.6. The summed E-state index contributed by atoms with van der Waals surface area (Å²) in [5.74, 6) is 0.716. The van der Waals surface area contributed by atoms with E-state index in [9.17, 15) is 19.3 Å². The Morgan fingerprint density at radius 1 is 1.25 bits per heavy atom. The van der Waals surface area contributed by atoms with Crippen molar-refractivity contribution in [3.8, 4) is 11.5 Å². The van der Waals surface area contributed by atoms with Gasteiger partial charge in [-0.15, -0.1) is 34.7 Å². The molecular formula is C29H30ClN2O5PS2. The molecule has 2 aromatic carbocycles. The van der Waals surface area contributed by atoms with E-state index in [-0.39, 0.29) is 36.3 Å². The summed E-state index contributed by atoms with van der Waals surface area (Å²) in [7, 11) is -0.482. The third-order valence-electron chi connectivity index (χ3n) is 7.67. The van der Waals surface area contributed by atoms with Gasteiger partial charge in [-0.3, -0.25) is 9.59 Å². The number of hydrogen-bond acceptors (Lipinski definition) is 7. The molecule has 1 N–H and O–H groups in total. The van der Waals surface area contributed by atoms with Crippen LogP contribution in [0.15, 0.2) is 29.0 Å². The molecule has 1 aromatic heterocycles. The van der Waals surface area contributed by atoms with Gasteiger partial charge in [-0.25, -0.2) is 4.57 Å². The molecular weight excluding hydrogens is 587 g/mol. The molecule has 0 unspecified atom stereocenters. The van der Waals surface area contributed by atoms with Crippen LogP contribution in [0.25, 0.3) is 15.7 Å². The first-order valence-electron chi connectivity index (χ1n) is 13.0. The second kappa shape index (κ2) is 11.7. The fourth-order valence-corrected chi connectivity index (χ4v) is 8.28. The number of hydrogen-bond donors (Lipinski definition) is 1. The molecule has 0 spiro atoms. The van der Waals surface area contributed by atoms with Crippen LogP contribution < -0.4 is 14.3 Å². The van der Waals surface area contributed by atoms with Gasteiger partial charge in [-0.2, -0.15) is 0 Å². The number of amides is 2. The summed E-state index contributed by atoms with van der Waals surface area (Å²) in [6, 6.07) is 3.45. The summed E-state index contributed by atoms with van der Waals surface area (Å²) in [6.07, 6.45) is 3.47. The highest BCUT2D eigenvalue weighted by Crippen LogP contribution is 2.50. The van der Waals surface area contributed by atoms with Crippen molar-refractivity contribution in [2.75, 3.05) is 35.0 Å². The molecule has 1 atom stereocenters. The van der Waals surface area contributed by atoms with E-state index in [1.165, 1.54) is 23.1 Å². The van der Waals surface area contributed by atoms with Crippen molar-refractivity contribution in [3.05, 3.63) is 46.3 Å². The van der Waals surface area contributed by atoms with Crippen molar-refractivity contribution in [2.24, 2.45) is 0 Å². The van der Waals surface area contributed by atoms with Crippen molar-refractivity contribution < 1.29 is 23.8 Å². The number of anilines is 2. The zero-order valence-corrected chi connectivity index (χ0v) is 25.9. The number of fused-ring (bicyclic) bond motifs is 4. The molecule has 7 nitrogen and oxygen atoms in total. The normalized spacial score (nSPS) is 16.1. The molecule has 11 heteroatoms. The molecule has 2 amide bonds. The number of nitrogens with zero attached hydrogens (tertiary/aromatic N) is 2. The van der Waals surface area contributed by atoms with Crippen molar-refractivity contribution >= 4 is 82.2 Å². The minimum Gasteiger partial charge on any atom is -0.506 e. The van der Waals surface area contributed by atoms with Crippen molar-refractivity contribution in [2.45, 2.75) is 50.3 Å². The van der Waals surface area contributed by atoms with Gasteiger partial charge in [0.2, 0.25) is 11.8 Å². The fraction of sp³-hybridized carbons (Fsp3) is 0.379. The average Bonchev–Trinajstić information content (AvgIpc) is 3.63. The van der Waals surface area contributed by atoms with E-state index >= 15 is 0 Å². The van der Waals surface area contributed by atoms with Crippen LogP contribution in [0.3, 0.4) is 0 Å². The summed E-state index contributed by atoms with van der Waals surface area (Å²) in [5.41, 5.74) is 6.32. The van der Waals surface area contributed by atoms with E-state index in [0.717, 1.165) is 54.9 Å². The molecule has 40 heavy (non-hydrogen) atoms.